The molecular formula is C17H28O4. The minimum atomic E-state index is -0.860. The Hall–Kier alpha value is -1.13. The molecule has 0 aromatic rings. The Morgan fingerprint density at radius 2 is 2.10 bits per heavy atom. The molecule has 0 saturated carbocycles. The highest BCUT2D eigenvalue weighted by atomic mass is 16.5. The van der Waals surface area contributed by atoms with Gasteiger partial charge in [0.05, 0.1) is 6.10 Å². The molecule has 3 atom stereocenters. The van der Waals surface area contributed by atoms with Gasteiger partial charge in [0.2, 0.25) is 0 Å². The average molecular weight is 296 g/mol. The van der Waals surface area contributed by atoms with Crippen molar-refractivity contribution in [2.75, 3.05) is 6.61 Å². The first-order chi connectivity index (χ1) is 9.82. The lowest BCUT2D eigenvalue weighted by Crippen LogP contribution is -2.37. The summed E-state index contributed by atoms with van der Waals surface area (Å²) in [5, 5.41) is 20.6. The van der Waals surface area contributed by atoms with E-state index in [1.807, 2.05) is 13.8 Å². The van der Waals surface area contributed by atoms with Crippen LogP contribution >= 0.6 is 0 Å². The molecule has 0 heterocycles. The lowest BCUT2D eigenvalue weighted by atomic mass is 9.80. The van der Waals surface area contributed by atoms with E-state index in [9.17, 15) is 15.0 Å². The molecule has 21 heavy (non-hydrogen) atoms. The van der Waals surface area contributed by atoms with E-state index in [0.29, 0.717) is 18.6 Å². The van der Waals surface area contributed by atoms with Gasteiger partial charge in [-0.1, -0.05) is 26.5 Å². The van der Waals surface area contributed by atoms with Crippen LogP contribution in [0.15, 0.2) is 23.8 Å². The fourth-order valence-corrected chi connectivity index (χ4v) is 2.76. The van der Waals surface area contributed by atoms with Crippen molar-refractivity contribution in [2.24, 2.45) is 11.8 Å². The molecule has 0 bridgehead atoms. The monoisotopic (exact) mass is 296 g/mol. The topological polar surface area (TPSA) is 66.8 Å². The van der Waals surface area contributed by atoms with Crippen LogP contribution in [0.3, 0.4) is 0 Å². The van der Waals surface area contributed by atoms with E-state index in [2.05, 4.69) is 12.7 Å². The van der Waals surface area contributed by atoms with Crippen molar-refractivity contribution in [3.05, 3.63) is 23.8 Å². The minimum Gasteiger partial charge on any atom is -0.461 e. The summed E-state index contributed by atoms with van der Waals surface area (Å²) in [4.78, 5) is 10.9. The summed E-state index contributed by atoms with van der Waals surface area (Å²) < 4.78 is 5.08. The number of hydrogen-bond acceptors (Lipinski definition) is 4. The van der Waals surface area contributed by atoms with Crippen molar-refractivity contribution in [2.45, 2.75) is 58.7 Å². The van der Waals surface area contributed by atoms with Crippen molar-refractivity contribution in [3.8, 4) is 0 Å². The zero-order valence-electron chi connectivity index (χ0n) is 13.3. The highest BCUT2D eigenvalue weighted by molar-refractivity contribution is 5.66. The molecular weight excluding hydrogens is 268 g/mol. The Morgan fingerprint density at radius 1 is 1.43 bits per heavy atom. The van der Waals surface area contributed by atoms with Crippen LogP contribution in [0.4, 0.5) is 0 Å². The maximum Gasteiger partial charge on any atom is 0.302 e. The number of carbonyl (C=O) groups is 1. The van der Waals surface area contributed by atoms with E-state index in [0.717, 1.165) is 24.8 Å². The fourth-order valence-electron chi connectivity index (χ4n) is 2.76. The van der Waals surface area contributed by atoms with Gasteiger partial charge in [0.1, 0.15) is 12.7 Å². The smallest absolute Gasteiger partial charge is 0.302 e. The van der Waals surface area contributed by atoms with Gasteiger partial charge in [-0.25, -0.2) is 0 Å². The van der Waals surface area contributed by atoms with Gasteiger partial charge in [0, 0.05) is 6.92 Å². The number of aliphatic hydroxyl groups excluding tert-OH is 2. The fraction of sp³-hybridized carbons (Fsp3) is 0.706. The van der Waals surface area contributed by atoms with E-state index >= 15 is 0 Å². The summed E-state index contributed by atoms with van der Waals surface area (Å²) in [5.41, 5.74) is 1.74. The molecule has 0 fully saturated rings. The number of aliphatic hydroxyl groups is 2. The van der Waals surface area contributed by atoms with Gasteiger partial charge < -0.3 is 14.9 Å². The second-order valence-electron chi connectivity index (χ2n) is 6.22. The summed E-state index contributed by atoms with van der Waals surface area (Å²) >= 11 is 0. The van der Waals surface area contributed by atoms with Crippen molar-refractivity contribution < 1.29 is 19.7 Å². The van der Waals surface area contributed by atoms with Gasteiger partial charge in [-0.2, -0.15) is 0 Å². The number of hydrogen-bond donors (Lipinski definition) is 2. The van der Waals surface area contributed by atoms with Gasteiger partial charge in [-0.05, 0) is 48.7 Å². The SMILES string of the molecule is C=C1CCC=C(COC(C)=O)CCC(C(C)C)C(O)C1O. The van der Waals surface area contributed by atoms with Crippen molar-refractivity contribution in [3.63, 3.8) is 0 Å². The van der Waals surface area contributed by atoms with Gasteiger partial charge in [0.15, 0.2) is 0 Å². The third-order valence-corrected chi connectivity index (χ3v) is 4.19. The molecule has 0 aromatic carbocycles. The van der Waals surface area contributed by atoms with Crippen LogP contribution in [-0.2, 0) is 9.53 Å². The zero-order chi connectivity index (χ0) is 16.0. The predicted molar refractivity (Wildman–Crippen MR) is 82.7 cm³/mol. The molecule has 0 aromatic heterocycles. The molecule has 0 radical (unpaired) electrons. The number of rotatable bonds is 3. The first-order valence-electron chi connectivity index (χ1n) is 7.68. The lowest BCUT2D eigenvalue weighted by Gasteiger charge is -2.31. The molecule has 0 amide bonds. The predicted octanol–water partition coefficient (Wildman–Crippen LogP) is 2.60. The zero-order valence-corrected chi connectivity index (χ0v) is 13.3. The largest absolute Gasteiger partial charge is 0.461 e. The number of carbonyl (C=O) groups excluding carboxylic acids is 1. The van der Waals surface area contributed by atoms with Crippen molar-refractivity contribution >= 4 is 5.97 Å². The molecule has 120 valence electrons. The Labute approximate surface area is 127 Å². The molecule has 3 unspecified atom stereocenters. The third kappa shape index (κ3) is 5.64. The molecule has 0 spiro atoms. The van der Waals surface area contributed by atoms with E-state index in [1.54, 1.807) is 0 Å². The van der Waals surface area contributed by atoms with Crippen LogP contribution in [0.5, 0.6) is 0 Å². The van der Waals surface area contributed by atoms with Crippen LogP contribution in [0.1, 0.15) is 46.5 Å². The Bertz CT molecular complexity index is 398. The summed E-state index contributed by atoms with van der Waals surface area (Å²) in [6.45, 7) is 9.69. The third-order valence-electron chi connectivity index (χ3n) is 4.19. The Morgan fingerprint density at radius 3 is 2.67 bits per heavy atom. The Kier molecular flexibility index (Phi) is 7.12. The highest BCUT2D eigenvalue weighted by Crippen LogP contribution is 2.29. The molecule has 4 heteroatoms. The normalized spacial score (nSPS) is 28.2. The number of ether oxygens (including phenoxy) is 1. The van der Waals surface area contributed by atoms with Gasteiger partial charge in [0.25, 0.3) is 0 Å². The summed E-state index contributed by atoms with van der Waals surface area (Å²) in [6, 6.07) is 0. The molecule has 1 aliphatic rings. The molecule has 0 saturated heterocycles. The van der Waals surface area contributed by atoms with Crippen LogP contribution < -0.4 is 0 Å². The molecule has 2 N–H and O–H groups in total. The summed E-state index contributed by atoms with van der Waals surface area (Å²) in [6.07, 6.45) is 3.32. The van der Waals surface area contributed by atoms with Crippen LogP contribution in [0.2, 0.25) is 0 Å². The maximum absolute atomic E-state index is 10.9. The summed E-state index contributed by atoms with van der Waals surface area (Å²) in [5.74, 6) is -0.0271. The van der Waals surface area contributed by atoms with Gasteiger partial charge in [-0.15, -0.1) is 0 Å². The van der Waals surface area contributed by atoms with Crippen LogP contribution in [0.25, 0.3) is 0 Å². The number of allylic oxidation sites excluding steroid dienone is 1. The summed E-state index contributed by atoms with van der Waals surface area (Å²) in [7, 11) is 0. The quantitative estimate of drug-likeness (QED) is 0.620. The van der Waals surface area contributed by atoms with E-state index in [-0.39, 0.29) is 17.8 Å². The van der Waals surface area contributed by atoms with E-state index in [4.69, 9.17) is 4.74 Å². The lowest BCUT2D eigenvalue weighted by molar-refractivity contribution is -0.140. The molecule has 4 nitrogen and oxygen atoms in total. The minimum absolute atomic E-state index is 0.00409. The van der Waals surface area contributed by atoms with Gasteiger partial charge in [-0.3, -0.25) is 4.79 Å². The Balaban J connectivity index is 2.84. The van der Waals surface area contributed by atoms with E-state index < -0.39 is 12.2 Å². The van der Waals surface area contributed by atoms with Crippen molar-refractivity contribution in [1.82, 2.24) is 0 Å². The maximum atomic E-state index is 10.9. The number of esters is 1. The molecule has 1 aliphatic carbocycles. The van der Waals surface area contributed by atoms with Crippen LogP contribution in [0, 0.1) is 11.8 Å². The van der Waals surface area contributed by atoms with Gasteiger partial charge >= 0.3 is 5.97 Å². The van der Waals surface area contributed by atoms with Crippen LogP contribution in [-0.4, -0.2) is 35.0 Å². The van der Waals surface area contributed by atoms with E-state index in [1.165, 1.54) is 6.92 Å². The molecule has 0 aliphatic heterocycles. The second kappa shape index (κ2) is 8.35. The van der Waals surface area contributed by atoms with Crippen molar-refractivity contribution in [1.29, 1.82) is 0 Å². The highest BCUT2D eigenvalue weighted by Gasteiger charge is 2.30. The first kappa shape index (κ1) is 17.9. The standard InChI is InChI=1S/C17H28O4/c1-11(2)15-9-8-14(10-21-13(4)18)7-5-6-12(3)16(19)17(15)20/h7,11,15-17,19-20H,3,5-6,8-10H2,1-2,4H3. The molecule has 1 rings (SSSR count). The average Bonchev–Trinajstić information content (AvgIpc) is 2.41. The second-order valence-corrected chi connectivity index (χ2v) is 6.22. The first-order valence-corrected chi connectivity index (χ1v) is 7.68.